The van der Waals surface area contributed by atoms with Crippen molar-refractivity contribution in [2.75, 3.05) is 6.61 Å². The maximum absolute atomic E-state index is 8.91. The summed E-state index contributed by atoms with van der Waals surface area (Å²) in [5, 5.41) is 10.0. The number of hydrogen-bond donors (Lipinski definition) is 3. The van der Waals surface area contributed by atoms with E-state index in [2.05, 4.69) is 20.9 Å². The molecule has 0 fully saturated rings. The lowest BCUT2D eigenvalue weighted by Crippen LogP contribution is -2.14. The first kappa shape index (κ1) is 9.71. The van der Waals surface area contributed by atoms with Crippen molar-refractivity contribution in [2.45, 2.75) is 6.04 Å². The van der Waals surface area contributed by atoms with Crippen molar-refractivity contribution in [1.29, 1.82) is 0 Å². The third-order valence-electron chi connectivity index (χ3n) is 2.20. The van der Waals surface area contributed by atoms with Crippen LogP contribution in [0.2, 0.25) is 0 Å². The molecule has 4 heteroatoms. The normalized spacial score (nSPS) is 13.4. The molecule has 3 nitrogen and oxygen atoms in total. The molecule has 2 rings (SSSR count). The van der Waals surface area contributed by atoms with E-state index in [1.165, 1.54) is 0 Å². The van der Waals surface area contributed by atoms with E-state index in [0.29, 0.717) is 0 Å². The Labute approximate surface area is 90.1 Å². The molecule has 0 radical (unpaired) electrons. The minimum absolute atomic E-state index is 0.0476. The monoisotopic (exact) mass is 254 g/mol. The van der Waals surface area contributed by atoms with Gasteiger partial charge in [0, 0.05) is 21.1 Å². The Morgan fingerprint density at radius 2 is 2.21 bits per heavy atom. The molecule has 1 aromatic heterocycles. The van der Waals surface area contributed by atoms with Gasteiger partial charge in [0.25, 0.3) is 0 Å². The van der Waals surface area contributed by atoms with Crippen molar-refractivity contribution in [2.24, 2.45) is 5.73 Å². The van der Waals surface area contributed by atoms with Crippen LogP contribution in [-0.4, -0.2) is 16.7 Å². The van der Waals surface area contributed by atoms with Gasteiger partial charge < -0.3 is 15.8 Å². The summed E-state index contributed by atoms with van der Waals surface area (Å²) in [5.41, 5.74) is 7.60. The second-order valence-corrected chi connectivity index (χ2v) is 4.16. The number of H-pyrrole nitrogens is 1. The zero-order valence-corrected chi connectivity index (χ0v) is 9.08. The van der Waals surface area contributed by atoms with Crippen molar-refractivity contribution in [1.82, 2.24) is 4.98 Å². The van der Waals surface area contributed by atoms with Crippen LogP contribution >= 0.6 is 15.9 Å². The fourth-order valence-electron chi connectivity index (χ4n) is 1.42. The van der Waals surface area contributed by atoms with Gasteiger partial charge in [-0.1, -0.05) is 15.9 Å². The zero-order chi connectivity index (χ0) is 10.1. The molecule has 0 bridgehead atoms. The van der Waals surface area contributed by atoms with Crippen molar-refractivity contribution in [3.63, 3.8) is 0 Å². The van der Waals surface area contributed by atoms with Crippen molar-refractivity contribution >= 4 is 26.8 Å². The fourth-order valence-corrected chi connectivity index (χ4v) is 1.80. The number of hydrogen-bond acceptors (Lipinski definition) is 2. The molecule has 0 amide bonds. The van der Waals surface area contributed by atoms with E-state index >= 15 is 0 Å². The number of nitrogens with one attached hydrogen (secondary N) is 1. The highest BCUT2D eigenvalue weighted by Gasteiger charge is 2.07. The number of nitrogens with two attached hydrogens (primary N) is 1. The number of aliphatic hydroxyl groups excluding tert-OH is 1. The van der Waals surface area contributed by atoms with Crippen LogP contribution in [0.5, 0.6) is 0 Å². The predicted molar refractivity (Wildman–Crippen MR) is 60.0 cm³/mol. The van der Waals surface area contributed by atoms with Crippen molar-refractivity contribution in [3.8, 4) is 0 Å². The molecule has 1 atom stereocenters. The second kappa shape index (κ2) is 3.73. The summed E-state index contributed by atoms with van der Waals surface area (Å²) in [6.45, 7) is -0.0476. The molecule has 0 aliphatic heterocycles. The molecule has 2 aromatic rings. The lowest BCUT2D eigenvalue weighted by Gasteiger charge is -2.03. The first-order valence-corrected chi connectivity index (χ1v) is 5.14. The molecule has 1 aromatic carbocycles. The van der Waals surface area contributed by atoms with Crippen LogP contribution in [-0.2, 0) is 0 Å². The van der Waals surface area contributed by atoms with E-state index in [0.717, 1.165) is 21.1 Å². The maximum atomic E-state index is 8.91. The number of aliphatic hydroxyl groups is 1. The summed E-state index contributed by atoms with van der Waals surface area (Å²) in [6, 6.07) is 7.58. The highest BCUT2D eigenvalue weighted by molar-refractivity contribution is 9.10. The van der Waals surface area contributed by atoms with E-state index in [1.807, 2.05) is 24.3 Å². The van der Waals surface area contributed by atoms with Crippen LogP contribution < -0.4 is 5.73 Å². The zero-order valence-electron chi connectivity index (χ0n) is 7.50. The molecule has 0 unspecified atom stereocenters. The van der Waals surface area contributed by atoms with Crippen LogP contribution in [0.4, 0.5) is 0 Å². The molecule has 0 saturated heterocycles. The van der Waals surface area contributed by atoms with Crippen molar-refractivity contribution in [3.05, 3.63) is 34.4 Å². The van der Waals surface area contributed by atoms with Gasteiger partial charge in [0.05, 0.1) is 12.6 Å². The van der Waals surface area contributed by atoms with Gasteiger partial charge >= 0.3 is 0 Å². The second-order valence-electron chi connectivity index (χ2n) is 3.25. The summed E-state index contributed by atoms with van der Waals surface area (Å²) in [6.07, 6.45) is 0. The molecule has 14 heavy (non-hydrogen) atoms. The van der Waals surface area contributed by atoms with Gasteiger partial charge in [-0.05, 0) is 24.3 Å². The number of halogens is 1. The molecular weight excluding hydrogens is 244 g/mol. The number of fused-ring (bicyclic) bond motifs is 1. The van der Waals surface area contributed by atoms with Crippen molar-refractivity contribution < 1.29 is 5.11 Å². The molecule has 4 N–H and O–H groups in total. The third kappa shape index (κ3) is 1.68. The lowest BCUT2D eigenvalue weighted by molar-refractivity contribution is 0.266. The third-order valence-corrected chi connectivity index (χ3v) is 2.69. The van der Waals surface area contributed by atoms with E-state index in [1.54, 1.807) is 0 Å². The summed E-state index contributed by atoms with van der Waals surface area (Å²) >= 11 is 3.40. The fraction of sp³-hybridized carbons (Fsp3) is 0.200. The molecule has 0 aliphatic rings. The minimum atomic E-state index is -0.332. The summed E-state index contributed by atoms with van der Waals surface area (Å²) < 4.78 is 1.04. The average Bonchev–Trinajstić information content (AvgIpc) is 2.59. The Hall–Kier alpha value is -0.840. The summed E-state index contributed by atoms with van der Waals surface area (Å²) in [5.74, 6) is 0. The Kier molecular flexibility index (Phi) is 2.58. The van der Waals surface area contributed by atoms with Gasteiger partial charge in [0.15, 0.2) is 0 Å². The molecule has 0 spiro atoms. The van der Waals surface area contributed by atoms with Crippen LogP contribution in [0.15, 0.2) is 28.7 Å². The molecule has 1 heterocycles. The highest BCUT2D eigenvalue weighted by Crippen LogP contribution is 2.22. The van der Waals surface area contributed by atoms with Crippen LogP contribution in [0.1, 0.15) is 11.7 Å². The van der Waals surface area contributed by atoms with E-state index in [-0.39, 0.29) is 12.6 Å². The summed E-state index contributed by atoms with van der Waals surface area (Å²) in [4.78, 5) is 3.17. The maximum Gasteiger partial charge on any atom is 0.0683 e. The number of aromatic nitrogens is 1. The van der Waals surface area contributed by atoms with E-state index in [9.17, 15) is 0 Å². The molecular formula is C10H11BrN2O. The Morgan fingerprint density at radius 1 is 1.43 bits per heavy atom. The Balaban J connectivity index is 2.51. The smallest absolute Gasteiger partial charge is 0.0683 e. The topological polar surface area (TPSA) is 62.0 Å². The summed E-state index contributed by atoms with van der Waals surface area (Å²) in [7, 11) is 0. The van der Waals surface area contributed by atoms with Crippen LogP contribution in [0.25, 0.3) is 10.9 Å². The lowest BCUT2D eigenvalue weighted by atomic mass is 10.2. The molecule has 74 valence electrons. The van der Waals surface area contributed by atoms with Gasteiger partial charge in [0.1, 0.15) is 0 Å². The first-order chi connectivity index (χ1) is 6.70. The molecule has 0 saturated carbocycles. The van der Waals surface area contributed by atoms with Gasteiger partial charge in [-0.15, -0.1) is 0 Å². The first-order valence-electron chi connectivity index (χ1n) is 4.35. The van der Waals surface area contributed by atoms with E-state index < -0.39 is 0 Å². The highest BCUT2D eigenvalue weighted by atomic mass is 79.9. The average molecular weight is 255 g/mol. The van der Waals surface area contributed by atoms with Crippen LogP contribution in [0, 0.1) is 0 Å². The van der Waals surface area contributed by atoms with Gasteiger partial charge in [0.2, 0.25) is 0 Å². The van der Waals surface area contributed by atoms with Gasteiger partial charge in [-0.25, -0.2) is 0 Å². The van der Waals surface area contributed by atoms with Gasteiger partial charge in [-0.2, -0.15) is 0 Å². The number of rotatable bonds is 2. The molecule has 0 aliphatic carbocycles. The SMILES string of the molecule is N[C@@H](CO)c1cc2cc(Br)ccc2[nH]1. The standard InChI is InChI=1S/C10H11BrN2O/c11-7-1-2-9-6(3-7)4-10(13-9)8(12)5-14/h1-4,8,13-14H,5,12H2/t8-/m0/s1. The number of benzene rings is 1. The minimum Gasteiger partial charge on any atom is -0.394 e. The Morgan fingerprint density at radius 3 is 2.93 bits per heavy atom. The predicted octanol–water partition coefficient (Wildman–Crippen LogP) is 1.92. The van der Waals surface area contributed by atoms with Crippen LogP contribution in [0.3, 0.4) is 0 Å². The quantitative estimate of drug-likeness (QED) is 0.767. The Bertz CT molecular complexity index is 452. The number of aromatic amines is 1. The largest absolute Gasteiger partial charge is 0.394 e. The van der Waals surface area contributed by atoms with Gasteiger partial charge in [-0.3, -0.25) is 0 Å². The van der Waals surface area contributed by atoms with E-state index in [4.69, 9.17) is 10.8 Å².